The summed E-state index contributed by atoms with van der Waals surface area (Å²) >= 11 is 0. The fraction of sp³-hybridized carbons (Fsp3) is 0.417. The lowest BCUT2D eigenvalue weighted by Crippen LogP contribution is -2.47. The van der Waals surface area contributed by atoms with Gasteiger partial charge in [-0.2, -0.15) is 0 Å². The van der Waals surface area contributed by atoms with Crippen LogP contribution < -0.4 is 0 Å². The molecule has 16 heavy (non-hydrogen) atoms. The van der Waals surface area contributed by atoms with E-state index >= 15 is 0 Å². The third-order valence-electron chi connectivity index (χ3n) is 3.08. The molecule has 0 N–H and O–H groups in total. The fourth-order valence-electron chi connectivity index (χ4n) is 2.14. The molecular weight excluding hydrogens is 205 g/mol. The van der Waals surface area contributed by atoms with Crippen molar-refractivity contribution in [2.24, 2.45) is 0 Å². The van der Waals surface area contributed by atoms with Gasteiger partial charge in [0.15, 0.2) is 0 Å². The van der Waals surface area contributed by atoms with Crippen LogP contribution in [-0.2, 0) is 6.54 Å². The Labute approximate surface area is 93.5 Å². The van der Waals surface area contributed by atoms with Crippen molar-refractivity contribution in [2.45, 2.75) is 19.6 Å². The lowest BCUT2D eigenvalue weighted by Gasteiger charge is -2.34. The molecule has 0 spiro atoms. The molecule has 3 rings (SSSR count). The average molecular weight is 219 g/mol. The van der Waals surface area contributed by atoms with Crippen molar-refractivity contribution >= 4 is 5.65 Å². The van der Waals surface area contributed by atoms with E-state index in [1.807, 2.05) is 19.3 Å². The number of aryl methyl sites for hydroxylation is 1. The monoisotopic (exact) mass is 219 g/mol. The molecule has 0 aliphatic carbocycles. The Morgan fingerprint density at radius 3 is 3.06 bits per heavy atom. The van der Waals surface area contributed by atoms with Crippen LogP contribution in [0.15, 0.2) is 24.5 Å². The normalized spacial score (nSPS) is 17.9. The molecule has 1 saturated heterocycles. The highest BCUT2D eigenvalue weighted by Crippen LogP contribution is 2.16. The van der Waals surface area contributed by atoms with Crippen molar-refractivity contribution in [3.8, 4) is 0 Å². The van der Waals surface area contributed by atoms with Gasteiger partial charge in [-0.15, -0.1) is 0 Å². The summed E-state index contributed by atoms with van der Waals surface area (Å²) in [6.07, 6.45) is 3.26. The maximum atomic E-state index is 12.7. The molecule has 0 saturated carbocycles. The first kappa shape index (κ1) is 9.78. The Hall–Kier alpha value is -1.42. The molecule has 2 aromatic rings. The number of alkyl halides is 1. The lowest BCUT2D eigenvalue weighted by atomic mass is 10.1. The van der Waals surface area contributed by atoms with Gasteiger partial charge in [-0.3, -0.25) is 4.90 Å². The standard InChI is InChI=1S/C12H14FN3/c1-9-5-14-12-4-10(2-3-16(9)12)6-15-7-11(13)8-15/h2-5,11H,6-8H2,1H3. The maximum absolute atomic E-state index is 12.7. The van der Waals surface area contributed by atoms with Crippen molar-refractivity contribution in [3.63, 3.8) is 0 Å². The number of pyridine rings is 1. The van der Waals surface area contributed by atoms with Gasteiger partial charge in [0.2, 0.25) is 0 Å². The number of halogens is 1. The quantitative estimate of drug-likeness (QED) is 0.767. The van der Waals surface area contributed by atoms with Crippen LogP contribution in [0.25, 0.3) is 5.65 Å². The largest absolute Gasteiger partial charge is 0.304 e. The van der Waals surface area contributed by atoms with Gasteiger partial charge in [0.25, 0.3) is 0 Å². The van der Waals surface area contributed by atoms with Gasteiger partial charge >= 0.3 is 0 Å². The fourth-order valence-corrected chi connectivity index (χ4v) is 2.14. The number of hydrogen-bond donors (Lipinski definition) is 0. The minimum absolute atomic E-state index is 0.568. The molecule has 84 valence electrons. The van der Waals surface area contributed by atoms with E-state index in [-0.39, 0.29) is 0 Å². The Bertz CT molecular complexity index is 514. The third-order valence-corrected chi connectivity index (χ3v) is 3.08. The first-order chi connectivity index (χ1) is 7.72. The minimum atomic E-state index is -0.627. The van der Waals surface area contributed by atoms with E-state index in [4.69, 9.17) is 0 Å². The zero-order valence-corrected chi connectivity index (χ0v) is 9.23. The SMILES string of the molecule is Cc1cnc2cc(CN3CC(F)C3)ccn12. The number of likely N-dealkylation sites (tertiary alicyclic amines) is 1. The molecular formula is C12H14FN3. The van der Waals surface area contributed by atoms with Crippen molar-refractivity contribution in [1.29, 1.82) is 0 Å². The van der Waals surface area contributed by atoms with Crippen LogP contribution in [0, 0.1) is 6.92 Å². The molecule has 0 unspecified atom stereocenters. The molecule has 1 fully saturated rings. The van der Waals surface area contributed by atoms with Gasteiger partial charge in [-0.25, -0.2) is 9.37 Å². The van der Waals surface area contributed by atoms with Crippen molar-refractivity contribution < 1.29 is 4.39 Å². The molecule has 0 amide bonds. The summed E-state index contributed by atoms with van der Waals surface area (Å²) in [6.45, 7) is 3.99. The first-order valence-electron chi connectivity index (χ1n) is 5.51. The topological polar surface area (TPSA) is 20.5 Å². The van der Waals surface area contributed by atoms with E-state index in [0.717, 1.165) is 17.9 Å². The predicted octanol–water partition coefficient (Wildman–Crippen LogP) is 1.80. The third kappa shape index (κ3) is 1.59. The van der Waals surface area contributed by atoms with Gasteiger partial charge in [-0.05, 0) is 24.6 Å². The highest BCUT2D eigenvalue weighted by atomic mass is 19.1. The molecule has 1 aliphatic rings. The minimum Gasteiger partial charge on any atom is -0.304 e. The summed E-state index contributed by atoms with van der Waals surface area (Å²) in [4.78, 5) is 6.42. The van der Waals surface area contributed by atoms with E-state index in [1.54, 1.807) is 0 Å². The summed E-state index contributed by atoms with van der Waals surface area (Å²) in [6, 6.07) is 4.14. The Balaban J connectivity index is 1.82. The Morgan fingerprint density at radius 1 is 1.50 bits per heavy atom. The molecule has 0 atom stereocenters. The molecule has 2 aromatic heterocycles. The summed E-state index contributed by atoms with van der Waals surface area (Å²) in [7, 11) is 0. The van der Waals surface area contributed by atoms with Crippen LogP contribution >= 0.6 is 0 Å². The number of nitrogens with zero attached hydrogens (tertiary/aromatic N) is 3. The van der Waals surface area contributed by atoms with Gasteiger partial charge < -0.3 is 4.40 Å². The second-order valence-electron chi connectivity index (χ2n) is 4.45. The van der Waals surface area contributed by atoms with E-state index < -0.39 is 6.17 Å². The zero-order chi connectivity index (χ0) is 11.1. The van der Waals surface area contributed by atoms with Gasteiger partial charge in [0.1, 0.15) is 11.8 Å². The molecule has 0 bridgehead atoms. The van der Waals surface area contributed by atoms with E-state index in [9.17, 15) is 4.39 Å². The first-order valence-corrected chi connectivity index (χ1v) is 5.51. The van der Waals surface area contributed by atoms with Gasteiger partial charge in [0.05, 0.1) is 0 Å². The molecule has 3 heterocycles. The highest BCUT2D eigenvalue weighted by Gasteiger charge is 2.25. The zero-order valence-electron chi connectivity index (χ0n) is 9.23. The summed E-state index contributed by atoms with van der Waals surface area (Å²) < 4.78 is 14.7. The number of hydrogen-bond acceptors (Lipinski definition) is 2. The van der Waals surface area contributed by atoms with Crippen LogP contribution in [0.1, 0.15) is 11.3 Å². The summed E-state index contributed by atoms with van der Waals surface area (Å²) in [5.41, 5.74) is 3.30. The van der Waals surface area contributed by atoms with E-state index in [0.29, 0.717) is 13.1 Å². The van der Waals surface area contributed by atoms with Gasteiger partial charge in [0, 0.05) is 37.7 Å². The predicted molar refractivity (Wildman–Crippen MR) is 60.1 cm³/mol. The average Bonchev–Trinajstić information content (AvgIpc) is 2.58. The second-order valence-corrected chi connectivity index (χ2v) is 4.45. The molecule has 1 aliphatic heterocycles. The highest BCUT2D eigenvalue weighted by molar-refractivity contribution is 5.43. The smallest absolute Gasteiger partial charge is 0.137 e. The molecule has 0 aromatic carbocycles. The van der Waals surface area contributed by atoms with Gasteiger partial charge in [-0.1, -0.05) is 0 Å². The van der Waals surface area contributed by atoms with Crippen LogP contribution in [-0.4, -0.2) is 33.5 Å². The number of aromatic nitrogens is 2. The van der Waals surface area contributed by atoms with Crippen LogP contribution in [0.5, 0.6) is 0 Å². The molecule has 3 nitrogen and oxygen atoms in total. The summed E-state index contributed by atoms with van der Waals surface area (Å²) in [5.74, 6) is 0. The van der Waals surface area contributed by atoms with Crippen LogP contribution in [0.3, 0.4) is 0 Å². The van der Waals surface area contributed by atoms with E-state index in [2.05, 4.69) is 26.4 Å². The molecule has 4 heteroatoms. The molecule has 0 radical (unpaired) electrons. The second kappa shape index (κ2) is 3.56. The van der Waals surface area contributed by atoms with Crippen molar-refractivity contribution in [3.05, 3.63) is 35.8 Å². The van der Waals surface area contributed by atoms with Crippen LogP contribution in [0.4, 0.5) is 4.39 Å². The number of rotatable bonds is 2. The van der Waals surface area contributed by atoms with E-state index in [1.165, 1.54) is 5.56 Å². The summed E-state index contributed by atoms with van der Waals surface area (Å²) in [5, 5.41) is 0. The lowest BCUT2D eigenvalue weighted by molar-refractivity contribution is 0.0591. The number of imidazole rings is 1. The van der Waals surface area contributed by atoms with Crippen molar-refractivity contribution in [2.75, 3.05) is 13.1 Å². The van der Waals surface area contributed by atoms with Crippen molar-refractivity contribution in [1.82, 2.24) is 14.3 Å². The maximum Gasteiger partial charge on any atom is 0.137 e. The van der Waals surface area contributed by atoms with Crippen LogP contribution in [0.2, 0.25) is 0 Å². The Morgan fingerprint density at radius 2 is 2.31 bits per heavy atom. The number of fused-ring (bicyclic) bond motifs is 1. The Kier molecular flexibility index (Phi) is 2.17.